The third-order valence-electron chi connectivity index (χ3n) is 7.75. The van der Waals surface area contributed by atoms with E-state index in [1.54, 1.807) is 0 Å². The van der Waals surface area contributed by atoms with Gasteiger partial charge in [0.25, 0.3) is 0 Å². The highest BCUT2D eigenvalue weighted by molar-refractivity contribution is 7.92. The maximum atomic E-state index is 15.1. The highest BCUT2D eigenvalue weighted by atomic mass is 32.2. The van der Waals surface area contributed by atoms with E-state index in [-0.39, 0.29) is 49.1 Å². The SMILES string of the molecule is O=S1(=O)CC2CCC(c3cc(F)ccc3F)(S(=O)(=O)c3ccc(C(F)(F)F)cc3)CC2CN1C1CC1. The summed E-state index contributed by atoms with van der Waals surface area (Å²) < 4.78 is 122. The summed E-state index contributed by atoms with van der Waals surface area (Å²) in [6, 6.07) is 5.37. The van der Waals surface area contributed by atoms with Gasteiger partial charge in [-0.1, -0.05) is 0 Å². The lowest BCUT2D eigenvalue weighted by atomic mass is 9.71. The molecule has 0 spiro atoms. The zero-order valence-corrected chi connectivity index (χ0v) is 20.6. The van der Waals surface area contributed by atoms with Crippen molar-refractivity contribution in [3.63, 3.8) is 0 Å². The summed E-state index contributed by atoms with van der Waals surface area (Å²) in [7, 11) is -8.03. The maximum absolute atomic E-state index is 15.1. The van der Waals surface area contributed by atoms with Crippen molar-refractivity contribution >= 4 is 19.9 Å². The number of hydrogen-bond acceptors (Lipinski definition) is 4. The van der Waals surface area contributed by atoms with Crippen molar-refractivity contribution in [3.05, 3.63) is 65.2 Å². The number of alkyl halides is 3. The molecule has 2 aromatic carbocycles. The van der Waals surface area contributed by atoms with E-state index in [0.29, 0.717) is 25.0 Å². The van der Waals surface area contributed by atoms with Crippen LogP contribution in [0.5, 0.6) is 0 Å². The summed E-state index contributed by atoms with van der Waals surface area (Å²) in [5.41, 5.74) is -1.42. The zero-order chi connectivity index (χ0) is 26.1. The zero-order valence-electron chi connectivity index (χ0n) is 19.0. The molecule has 3 atom stereocenters. The summed E-state index contributed by atoms with van der Waals surface area (Å²) in [6.07, 6.45) is -3.46. The second-order valence-electron chi connectivity index (χ2n) is 9.99. The third kappa shape index (κ3) is 4.24. The second kappa shape index (κ2) is 8.49. The van der Waals surface area contributed by atoms with Gasteiger partial charge in [0, 0.05) is 18.2 Å². The van der Waals surface area contributed by atoms with Crippen LogP contribution in [0.2, 0.25) is 0 Å². The van der Waals surface area contributed by atoms with E-state index in [4.69, 9.17) is 0 Å². The van der Waals surface area contributed by atoms with E-state index in [1.807, 2.05) is 0 Å². The van der Waals surface area contributed by atoms with Crippen LogP contribution in [-0.4, -0.2) is 39.5 Å². The smallest absolute Gasteiger partial charge is 0.223 e. The van der Waals surface area contributed by atoms with Crippen LogP contribution in [0.4, 0.5) is 22.0 Å². The molecule has 3 unspecified atom stereocenters. The molecule has 12 heteroatoms. The van der Waals surface area contributed by atoms with Crippen molar-refractivity contribution < 1.29 is 38.8 Å². The molecule has 1 saturated heterocycles. The number of sulfone groups is 1. The number of rotatable bonds is 4. The number of benzene rings is 2. The van der Waals surface area contributed by atoms with E-state index in [1.165, 1.54) is 4.31 Å². The first kappa shape index (κ1) is 25.6. The Morgan fingerprint density at radius 1 is 0.944 bits per heavy atom. The lowest BCUT2D eigenvalue weighted by Gasteiger charge is -2.48. The first-order chi connectivity index (χ1) is 16.7. The van der Waals surface area contributed by atoms with Crippen molar-refractivity contribution in [1.29, 1.82) is 0 Å². The molecule has 0 aromatic heterocycles. The van der Waals surface area contributed by atoms with Crippen LogP contribution in [0.25, 0.3) is 0 Å². The molecule has 1 aliphatic heterocycles. The van der Waals surface area contributed by atoms with E-state index in [0.717, 1.165) is 30.3 Å². The molecule has 2 aromatic rings. The molecule has 36 heavy (non-hydrogen) atoms. The van der Waals surface area contributed by atoms with E-state index < -0.39 is 58.8 Å². The Morgan fingerprint density at radius 2 is 1.61 bits per heavy atom. The van der Waals surface area contributed by atoms with Crippen LogP contribution in [0.3, 0.4) is 0 Å². The standard InChI is InChI=1S/C24H24F5NO4S2/c25-18-3-8-22(26)21(11-18)23(36(33,34)20-6-1-17(2-7-20)24(27,28)29)10-9-15-14-35(31,32)30(19-4-5-19)13-16(15)12-23/h1-3,6-8,11,15-16,19H,4-5,9-10,12-14H2. The number of halogens is 5. The molecule has 1 heterocycles. The van der Waals surface area contributed by atoms with Gasteiger partial charge in [-0.05, 0) is 86.4 Å². The maximum Gasteiger partial charge on any atom is 0.416 e. The van der Waals surface area contributed by atoms with Crippen LogP contribution in [0.1, 0.15) is 43.2 Å². The van der Waals surface area contributed by atoms with Gasteiger partial charge < -0.3 is 0 Å². The van der Waals surface area contributed by atoms with Gasteiger partial charge in [0.15, 0.2) is 9.84 Å². The largest absolute Gasteiger partial charge is 0.416 e. The Hall–Kier alpha value is -2.05. The van der Waals surface area contributed by atoms with Gasteiger partial charge in [-0.2, -0.15) is 17.5 Å². The fourth-order valence-electron chi connectivity index (χ4n) is 5.76. The van der Waals surface area contributed by atoms with Crippen LogP contribution in [0, 0.1) is 23.5 Å². The van der Waals surface area contributed by atoms with Crippen molar-refractivity contribution in [3.8, 4) is 0 Å². The number of nitrogens with zero attached hydrogens (tertiary/aromatic N) is 1. The fraction of sp³-hybridized carbons (Fsp3) is 0.500. The Kier molecular flexibility index (Phi) is 6.03. The van der Waals surface area contributed by atoms with Crippen molar-refractivity contribution in [2.24, 2.45) is 11.8 Å². The molecule has 2 saturated carbocycles. The lowest BCUT2D eigenvalue weighted by molar-refractivity contribution is -0.137. The Morgan fingerprint density at radius 3 is 2.22 bits per heavy atom. The minimum atomic E-state index is -4.67. The highest BCUT2D eigenvalue weighted by Gasteiger charge is 2.56. The minimum absolute atomic E-state index is 0.0822. The normalized spacial score (nSPS) is 29.0. The van der Waals surface area contributed by atoms with Crippen molar-refractivity contribution in [2.45, 2.75) is 54.0 Å². The molecular weight excluding hydrogens is 525 g/mol. The molecule has 5 nitrogen and oxygen atoms in total. The summed E-state index contributed by atoms with van der Waals surface area (Å²) in [5, 5.41) is 0. The molecule has 0 amide bonds. The van der Waals surface area contributed by atoms with Gasteiger partial charge in [-0.15, -0.1) is 0 Å². The Balaban J connectivity index is 1.61. The molecule has 3 fully saturated rings. The summed E-state index contributed by atoms with van der Waals surface area (Å²) in [6.45, 7) is 0.0822. The lowest BCUT2D eigenvalue weighted by Crippen LogP contribution is -2.54. The first-order valence-electron chi connectivity index (χ1n) is 11.6. The van der Waals surface area contributed by atoms with Crippen LogP contribution in [-0.2, 0) is 30.8 Å². The number of fused-ring (bicyclic) bond motifs is 1. The molecule has 0 radical (unpaired) electrons. The molecule has 5 rings (SSSR count). The van der Waals surface area contributed by atoms with E-state index in [2.05, 4.69) is 0 Å². The van der Waals surface area contributed by atoms with Crippen LogP contribution >= 0.6 is 0 Å². The average Bonchev–Trinajstić information content (AvgIpc) is 3.64. The van der Waals surface area contributed by atoms with Crippen LogP contribution in [0.15, 0.2) is 47.4 Å². The molecule has 0 N–H and O–H groups in total. The summed E-state index contributed by atoms with van der Waals surface area (Å²) in [5.74, 6) is -2.71. The predicted octanol–water partition coefficient (Wildman–Crippen LogP) is 4.88. The molecule has 2 aliphatic carbocycles. The molecular formula is C24H24F5NO4S2. The summed E-state index contributed by atoms with van der Waals surface area (Å²) in [4.78, 5) is -0.430. The van der Waals surface area contributed by atoms with E-state index in [9.17, 15) is 34.4 Å². The first-order valence-corrected chi connectivity index (χ1v) is 14.7. The van der Waals surface area contributed by atoms with Gasteiger partial charge >= 0.3 is 6.18 Å². The number of sulfonamides is 1. The van der Waals surface area contributed by atoms with Gasteiger partial charge in [0.1, 0.15) is 16.4 Å². The van der Waals surface area contributed by atoms with Gasteiger partial charge in [-0.3, -0.25) is 0 Å². The second-order valence-corrected chi connectivity index (χ2v) is 14.2. The molecule has 0 bridgehead atoms. The third-order valence-corrected chi connectivity index (χ3v) is 12.3. The van der Waals surface area contributed by atoms with Gasteiger partial charge in [-0.25, -0.2) is 25.6 Å². The molecule has 3 aliphatic rings. The minimum Gasteiger partial charge on any atom is -0.223 e. The quantitative estimate of drug-likeness (QED) is 0.510. The fourth-order valence-corrected chi connectivity index (χ4v) is 10.2. The Labute approximate surface area is 206 Å². The average molecular weight is 550 g/mol. The van der Waals surface area contributed by atoms with E-state index >= 15 is 4.39 Å². The predicted molar refractivity (Wildman–Crippen MR) is 121 cm³/mol. The Bertz CT molecular complexity index is 1390. The number of hydrogen-bond donors (Lipinski definition) is 0. The monoisotopic (exact) mass is 549 g/mol. The van der Waals surface area contributed by atoms with Crippen LogP contribution < -0.4 is 0 Å². The molecule has 196 valence electrons. The van der Waals surface area contributed by atoms with Gasteiger partial charge in [0.2, 0.25) is 10.0 Å². The van der Waals surface area contributed by atoms with Crippen molar-refractivity contribution in [2.75, 3.05) is 12.3 Å². The topological polar surface area (TPSA) is 71.5 Å². The highest BCUT2D eigenvalue weighted by Crippen LogP contribution is 2.53. The van der Waals surface area contributed by atoms with Crippen molar-refractivity contribution in [1.82, 2.24) is 4.31 Å². The summed E-state index contributed by atoms with van der Waals surface area (Å²) >= 11 is 0. The van der Waals surface area contributed by atoms with Gasteiger partial charge in [0.05, 0.1) is 16.2 Å².